The van der Waals surface area contributed by atoms with Gasteiger partial charge < -0.3 is 0 Å². The highest BCUT2D eigenvalue weighted by Gasteiger charge is 2.18. The Balaban J connectivity index is 1.98. The lowest BCUT2D eigenvalue weighted by Crippen LogP contribution is -2.12. The van der Waals surface area contributed by atoms with Gasteiger partial charge >= 0.3 is 0 Å². The number of thiophene rings is 1. The Morgan fingerprint density at radius 1 is 0.917 bits per heavy atom. The van der Waals surface area contributed by atoms with Gasteiger partial charge in [-0.25, -0.2) is 4.98 Å². The Hall–Kier alpha value is -2.19. The summed E-state index contributed by atoms with van der Waals surface area (Å²) in [5.74, 6) is 0. The Morgan fingerprint density at radius 3 is 2.50 bits per heavy atom. The minimum absolute atomic E-state index is 0.0965. The van der Waals surface area contributed by atoms with E-state index in [4.69, 9.17) is 4.98 Å². The molecule has 4 rings (SSSR count). The topological polar surface area (TPSA) is 12.9 Å². The van der Waals surface area contributed by atoms with Gasteiger partial charge in [0.05, 0.1) is 5.69 Å². The second kappa shape index (κ2) is 5.42. The first-order valence-corrected chi connectivity index (χ1v) is 9.20. The highest BCUT2D eigenvalue weighted by Crippen LogP contribution is 2.35. The number of pyridine rings is 1. The predicted molar refractivity (Wildman–Crippen MR) is 106 cm³/mol. The van der Waals surface area contributed by atoms with Crippen LogP contribution in [0.15, 0.2) is 53.9 Å². The molecule has 0 amide bonds. The van der Waals surface area contributed by atoms with Gasteiger partial charge in [0.1, 0.15) is 4.83 Å². The number of fused-ring (bicyclic) bond motifs is 2. The van der Waals surface area contributed by atoms with E-state index in [-0.39, 0.29) is 5.41 Å². The maximum atomic E-state index is 4.91. The summed E-state index contributed by atoms with van der Waals surface area (Å²) in [6.07, 6.45) is 0. The summed E-state index contributed by atoms with van der Waals surface area (Å²) in [5, 5.41) is 6.06. The molecule has 0 aliphatic carbocycles. The third-order valence-electron chi connectivity index (χ3n) is 4.60. The minimum Gasteiger partial charge on any atom is -0.237 e. The van der Waals surface area contributed by atoms with Crippen molar-refractivity contribution in [1.82, 2.24) is 4.98 Å². The van der Waals surface area contributed by atoms with Crippen molar-refractivity contribution in [3.8, 4) is 11.3 Å². The van der Waals surface area contributed by atoms with Crippen LogP contribution in [-0.4, -0.2) is 4.98 Å². The van der Waals surface area contributed by atoms with Crippen LogP contribution >= 0.6 is 11.3 Å². The van der Waals surface area contributed by atoms with Crippen molar-refractivity contribution >= 4 is 32.3 Å². The number of nitrogens with zero attached hydrogens (tertiary/aromatic N) is 1. The molecule has 2 aromatic carbocycles. The summed E-state index contributed by atoms with van der Waals surface area (Å²) in [6, 6.07) is 17.6. The first kappa shape index (κ1) is 15.3. The number of hydrogen-bond acceptors (Lipinski definition) is 2. The summed E-state index contributed by atoms with van der Waals surface area (Å²) in [5.41, 5.74) is 5.04. The van der Waals surface area contributed by atoms with Gasteiger partial charge in [-0.05, 0) is 63.9 Å². The van der Waals surface area contributed by atoms with Crippen molar-refractivity contribution < 1.29 is 0 Å². The molecule has 0 N–H and O–H groups in total. The molecule has 0 saturated heterocycles. The van der Waals surface area contributed by atoms with Crippen molar-refractivity contribution in [2.45, 2.75) is 33.1 Å². The van der Waals surface area contributed by atoms with E-state index in [0.29, 0.717) is 0 Å². The molecule has 0 aliphatic heterocycles. The largest absolute Gasteiger partial charge is 0.237 e. The Kier molecular flexibility index (Phi) is 3.47. The highest BCUT2D eigenvalue weighted by atomic mass is 32.1. The van der Waals surface area contributed by atoms with E-state index in [1.54, 1.807) is 11.3 Å². The molecule has 1 nitrogen and oxygen atoms in total. The van der Waals surface area contributed by atoms with E-state index in [9.17, 15) is 0 Å². The molecule has 2 aromatic heterocycles. The van der Waals surface area contributed by atoms with Gasteiger partial charge in [-0.3, -0.25) is 0 Å². The number of aryl methyl sites for hydroxylation is 1. The smallest absolute Gasteiger partial charge is 0.124 e. The predicted octanol–water partition coefficient (Wildman–Crippen LogP) is 6.72. The van der Waals surface area contributed by atoms with Crippen LogP contribution in [0.25, 0.3) is 32.2 Å². The molecule has 2 heterocycles. The molecule has 0 saturated carbocycles. The fraction of sp³-hybridized carbons (Fsp3) is 0.227. The number of hydrogen-bond donors (Lipinski definition) is 0. The highest BCUT2D eigenvalue weighted by molar-refractivity contribution is 7.16. The molecule has 0 aliphatic rings. The second-order valence-corrected chi connectivity index (χ2v) is 8.32. The van der Waals surface area contributed by atoms with E-state index >= 15 is 0 Å². The van der Waals surface area contributed by atoms with Gasteiger partial charge in [-0.15, -0.1) is 11.3 Å². The SMILES string of the molecule is Cc1csc2nc(-c3cc(C(C)(C)C)c4ccccc4c3)ccc12. The van der Waals surface area contributed by atoms with Gasteiger partial charge in [0.2, 0.25) is 0 Å². The quantitative estimate of drug-likeness (QED) is 0.377. The van der Waals surface area contributed by atoms with Crippen LogP contribution < -0.4 is 0 Å². The van der Waals surface area contributed by atoms with Crippen LogP contribution in [0.3, 0.4) is 0 Å². The summed E-state index contributed by atoms with van der Waals surface area (Å²) < 4.78 is 0. The number of benzene rings is 2. The first-order valence-electron chi connectivity index (χ1n) is 8.32. The van der Waals surface area contributed by atoms with E-state index < -0.39 is 0 Å². The van der Waals surface area contributed by atoms with Gasteiger partial charge in [-0.2, -0.15) is 0 Å². The number of aromatic nitrogens is 1. The van der Waals surface area contributed by atoms with Crippen LogP contribution in [-0.2, 0) is 5.41 Å². The molecule has 0 atom stereocenters. The molecule has 4 aromatic rings. The summed E-state index contributed by atoms with van der Waals surface area (Å²) >= 11 is 1.73. The van der Waals surface area contributed by atoms with Gasteiger partial charge in [0.25, 0.3) is 0 Å². The fourth-order valence-corrected chi connectivity index (χ4v) is 4.20. The summed E-state index contributed by atoms with van der Waals surface area (Å²) in [4.78, 5) is 6.04. The molecule has 24 heavy (non-hydrogen) atoms. The first-order chi connectivity index (χ1) is 11.4. The lowest BCUT2D eigenvalue weighted by molar-refractivity contribution is 0.596. The zero-order chi connectivity index (χ0) is 16.9. The molecule has 0 fully saturated rings. The zero-order valence-corrected chi connectivity index (χ0v) is 15.4. The van der Waals surface area contributed by atoms with Crippen molar-refractivity contribution in [2.75, 3.05) is 0 Å². The molecule has 0 bridgehead atoms. The van der Waals surface area contributed by atoms with E-state index in [0.717, 1.165) is 10.5 Å². The van der Waals surface area contributed by atoms with Crippen LogP contribution in [0.1, 0.15) is 31.9 Å². The molecule has 120 valence electrons. The second-order valence-electron chi connectivity index (χ2n) is 7.46. The normalized spacial score (nSPS) is 12.2. The van der Waals surface area contributed by atoms with Crippen molar-refractivity contribution in [3.05, 3.63) is 65.0 Å². The van der Waals surface area contributed by atoms with E-state index in [1.807, 2.05) is 0 Å². The van der Waals surface area contributed by atoms with Crippen LogP contribution in [0.2, 0.25) is 0 Å². The molecular formula is C22H21NS. The van der Waals surface area contributed by atoms with Crippen LogP contribution in [0.5, 0.6) is 0 Å². The molecule has 2 heteroatoms. The van der Waals surface area contributed by atoms with Crippen molar-refractivity contribution in [3.63, 3.8) is 0 Å². The molecule has 0 unspecified atom stereocenters. The average Bonchev–Trinajstić information content (AvgIpc) is 2.93. The third-order valence-corrected chi connectivity index (χ3v) is 5.60. The lowest BCUT2D eigenvalue weighted by atomic mass is 9.82. The van der Waals surface area contributed by atoms with Gasteiger partial charge in [0, 0.05) is 10.9 Å². The average molecular weight is 331 g/mol. The van der Waals surface area contributed by atoms with E-state index in [2.05, 4.69) is 81.6 Å². The summed E-state index contributed by atoms with van der Waals surface area (Å²) in [6.45, 7) is 8.97. The standard InChI is InChI=1S/C22H21NS/c1-14-13-24-21-17(14)9-10-20(23-21)16-11-15-7-5-6-8-18(15)19(12-16)22(2,3)4/h5-13H,1-4H3. The monoisotopic (exact) mass is 331 g/mol. The maximum Gasteiger partial charge on any atom is 0.124 e. The van der Waals surface area contributed by atoms with Crippen molar-refractivity contribution in [1.29, 1.82) is 0 Å². The minimum atomic E-state index is 0.0965. The zero-order valence-electron chi connectivity index (χ0n) is 14.6. The Bertz CT molecular complexity index is 1050. The third kappa shape index (κ3) is 2.51. The van der Waals surface area contributed by atoms with Gasteiger partial charge in [-0.1, -0.05) is 45.0 Å². The van der Waals surface area contributed by atoms with Crippen molar-refractivity contribution in [2.24, 2.45) is 0 Å². The molecule has 0 radical (unpaired) electrons. The molecule has 0 spiro atoms. The maximum absolute atomic E-state index is 4.91. The van der Waals surface area contributed by atoms with Crippen LogP contribution in [0, 0.1) is 6.92 Å². The molecular weight excluding hydrogens is 310 g/mol. The number of rotatable bonds is 1. The fourth-order valence-electron chi connectivity index (χ4n) is 3.28. The van der Waals surface area contributed by atoms with Crippen LogP contribution in [0.4, 0.5) is 0 Å². The van der Waals surface area contributed by atoms with E-state index in [1.165, 1.54) is 32.8 Å². The summed E-state index contributed by atoms with van der Waals surface area (Å²) in [7, 11) is 0. The Morgan fingerprint density at radius 2 is 1.71 bits per heavy atom. The Labute approximate surface area is 147 Å². The lowest BCUT2D eigenvalue weighted by Gasteiger charge is -2.22. The van der Waals surface area contributed by atoms with Gasteiger partial charge in [0.15, 0.2) is 0 Å².